The van der Waals surface area contributed by atoms with Crippen LogP contribution in [0.1, 0.15) is 181 Å². The zero-order chi connectivity index (χ0) is 37.3. The van der Waals surface area contributed by atoms with Crippen molar-refractivity contribution >= 4 is 33.5 Å². The second-order valence-corrected chi connectivity index (χ2v) is 16.5. The Morgan fingerprint density at radius 1 is 0.510 bits per heavy atom. The number of hydrogen-bond donors (Lipinski definition) is 1. The summed E-state index contributed by atoms with van der Waals surface area (Å²) in [5.74, 6) is 1.71. The lowest BCUT2D eigenvalue weighted by atomic mass is 10.1. The van der Waals surface area contributed by atoms with Gasteiger partial charge in [0, 0.05) is 44.3 Å². The van der Waals surface area contributed by atoms with Crippen molar-refractivity contribution in [2.24, 2.45) is 0 Å². The lowest BCUT2D eigenvalue weighted by Crippen LogP contribution is -2.29. The van der Waals surface area contributed by atoms with Gasteiger partial charge in [0.2, 0.25) is 0 Å². The molecule has 0 bridgehead atoms. The van der Waals surface area contributed by atoms with Gasteiger partial charge in [0.05, 0.1) is 19.4 Å². The molecule has 0 aromatic rings. The molecular weight excluding hydrogens is 683 g/mol. The fraction of sp³-hybridized carbons (Fsp3) is 0.951. The monoisotopic (exact) mass is 764 g/mol. The van der Waals surface area contributed by atoms with Gasteiger partial charge in [-0.1, -0.05) is 139 Å². The predicted octanol–water partition coefficient (Wildman–Crippen LogP) is 10.9. The Bertz CT molecular complexity index is 720. The van der Waals surface area contributed by atoms with Crippen molar-refractivity contribution in [2.75, 3.05) is 64.2 Å². The van der Waals surface area contributed by atoms with Crippen LogP contribution in [0.5, 0.6) is 0 Å². The van der Waals surface area contributed by atoms with Crippen molar-refractivity contribution in [3.05, 3.63) is 0 Å². The van der Waals surface area contributed by atoms with Crippen molar-refractivity contribution < 1.29 is 33.6 Å². The summed E-state index contributed by atoms with van der Waals surface area (Å²) >= 11 is 0. The molecule has 0 unspecified atom stereocenters. The zero-order valence-electron chi connectivity index (χ0n) is 33.5. The molecule has 304 valence electrons. The first-order chi connectivity index (χ1) is 25.1. The summed E-state index contributed by atoms with van der Waals surface area (Å²) < 4.78 is 23.0. The van der Waals surface area contributed by atoms with E-state index in [1.54, 1.807) is 0 Å². The molecule has 0 atom stereocenters. The van der Waals surface area contributed by atoms with E-state index in [-0.39, 0.29) is 24.8 Å². The number of unbranched alkanes of at least 4 members (excludes halogenated alkanes) is 17. The number of aliphatic hydroxyl groups is 1. The van der Waals surface area contributed by atoms with E-state index in [1.165, 1.54) is 82.8 Å². The molecule has 8 nitrogen and oxygen atoms in total. The molecule has 0 saturated heterocycles. The fourth-order valence-corrected chi connectivity index (χ4v) is 7.67. The van der Waals surface area contributed by atoms with Crippen molar-refractivity contribution in [3.63, 3.8) is 0 Å². The maximum absolute atomic E-state index is 12.4. The number of aliphatic hydroxyl groups excluding tert-OH is 1. The molecule has 51 heavy (non-hydrogen) atoms. The molecule has 0 saturated carbocycles. The van der Waals surface area contributed by atoms with Gasteiger partial charge in [0.1, 0.15) is 6.61 Å². The molecule has 0 rings (SSSR count). The van der Waals surface area contributed by atoms with E-state index in [2.05, 4.69) is 25.7 Å². The first-order valence-electron chi connectivity index (χ1n) is 21.2. The second kappa shape index (κ2) is 42.2. The van der Waals surface area contributed by atoms with E-state index in [9.17, 15) is 14.7 Å². The number of ether oxygens (including phenoxy) is 4. The molecule has 0 aromatic heterocycles. The Morgan fingerprint density at radius 2 is 0.980 bits per heavy atom. The number of nitrogens with zero attached hydrogens (tertiary/aromatic N) is 1. The molecule has 0 aliphatic heterocycles. The standard InChI is InChI=1S/C41H81NO7S2/c1-4-7-10-13-14-15-18-25-37-50-51-38-36-47-40(45)28-31-42(30-20-21-32-43)29-19-16-17-24-33-46-39(44)26-27-41(48-34-22-11-8-5-2)49-35-23-12-9-6-3/h41,43H,4-38H2,1-3H3. The van der Waals surface area contributed by atoms with Crippen LogP contribution in [0.3, 0.4) is 0 Å². The molecule has 0 aliphatic carbocycles. The van der Waals surface area contributed by atoms with Crippen LogP contribution in [-0.4, -0.2) is 92.4 Å². The molecule has 0 aromatic carbocycles. The summed E-state index contributed by atoms with van der Waals surface area (Å²) in [6.07, 6.45) is 26.5. The van der Waals surface area contributed by atoms with Crippen LogP contribution in [0.15, 0.2) is 0 Å². The minimum atomic E-state index is -0.333. The summed E-state index contributed by atoms with van der Waals surface area (Å²) in [7, 11) is 3.71. The normalized spacial score (nSPS) is 11.6. The van der Waals surface area contributed by atoms with Gasteiger partial charge in [-0.3, -0.25) is 9.59 Å². The van der Waals surface area contributed by atoms with Crippen LogP contribution in [-0.2, 0) is 28.5 Å². The molecule has 0 amide bonds. The van der Waals surface area contributed by atoms with Crippen LogP contribution in [0, 0.1) is 0 Å². The molecular formula is C41H81NO7S2. The molecule has 0 fully saturated rings. The van der Waals surface area contributed by atoms with Gasteiger partial charge in [-0.25, -0.2) is 0 Å². The van der Waals surface area contributed by atoms with Gasteiger partial charge >= 0.3 is 11.9 Å². The van der Waals surface area contributed by atoms with E-state index in [0.29, 0.717) is 52.2 Å². The van der Waals surface area contributed by atoms with Crippen LogP contribution < -0.4 is 0 Å². The van der Waals surface area contributed by atoms with Crippen molar-refractivity contribution in [1.29, 1.82) is 0 Å². The highest BCUT2D eigenvalue weighted by Gasteiger charge is 2.14. The van der Waals surface area contributed by atoms with Crippen molar-refractivity contribution in [1.82, 2.24) is 4.90 Å². The second-order valence-electron chi connectivity index (χ2n) is 13.8. The van der Waals surface area contributed by atoms with Gasteiger partial charge in [0.25, 0.3) is 0 Å². The average Bonchev–Trinajstić information content (AvgIpc) is 3.13. The average molecular weight is 764 g/mol. The number of carbonyl (C=O) groups excluding carboxylic acids is 2. The number of rotatable bonds is 42. The Kier molecular flexibility index (Phi) is 41.8. The molecule has 1 N–H and O–H groups in total. The van der Waals surface area contributed by atoms with Crippen LogP contribution in [0.2, 0.25) is 0 Å². The highest BCUT2D eigenvalue weighted by atomic mass is 33.1. The summed E-state index contributed by atoms with van der Waals surface area (Å²) in [5, 5.41) is 9.22. The molecule has 10 heteroatoms. The summed E-state index contributed by atoms with van der Waals surface area (Å²) in [6, 6.07) is 0. The Morgan fingerprint density at radius 3 is 1.61 bits per heavy atom. The summed E-state index contributed by atoms with van der Waals surface area (Å²) in [4.78, 5) is 27.1. The fourth-order valence-electron chi connectivity index (χ4n) is 5.69. The third-order valence-electron chi connectivity index (χ3n) is 8.93. The van der Waals surface area contributed by atoms with E-state index in [1.807, 2.05) is 21.6 Å². The lowest BCUT2D eigenvalue weighted by molar-refractivity contribution is -0.159. The number of esters is 2. The summed E-state index contributed by atoms with van der Waals surface area (Å²) in [5.41, 5.74) is 0. The first-order valence-corrected chi connectivity index (χ1v) is 23.7. The smallest absolute Gasteiger partial charge is 0.307 e. The van der Waals surface area contributed by atoms with E-state index < -0.39 is 0 Å². The Hall–Kier alpha value is -0.520. The van der Waals surface area contributed by atoms with Crippen molar-refractivity contribution in [3.8, 4) is 0 Å². The highest BCUT2D eigenvalue weighted by molar-refractivity contribution is 8.76. The quantitative estimate of drug-likeness (QED) is 0.0280. The maximum atomic E-state index is 12.4. The van der Waals surface area contributed by atoms with Crippen LogP contribution >= 0.6 is 21.6 Å². The topological polar surface area (TPSA) is 94.5 Å². The molecule has 0 heterocycles. The SMILES string of the molecule is CCCCCCCCCCSSCCOC(=O)CCN(CCCCO)CCCCCCOC(=O)CCC(OCCCCCC)OCCCCCC. The molecule has 0 radical (unpaired) electrons. The lowest BCUT2D eigenvalue weighted by Gasteiger charge is -2.21. The minimum Gasteiger partial charge on any atom is -0.466 e. The van der Waals surface area contributed by atoms with E-state index in [0.717, 1.165) is 83.1 Å². The third-order valence-corrected chi connectivity index (χ3v) is 11.4. The van der Waals surface area contributed by atoms with Crippen molar-refractivity contribution in [2.45, 2.75) is 188 Å². The molecule has 0 aliphatic rings. The number of carbonyl (C=O) groups is 2. The first kappa shape index (κ1) is 50.5. The van der Waals surface area contributed by atoms with Gasteiger partial charge in [-0.2, -0.15) is 0 Å². The van der Waals surface area contributed by atoms with Gasteiger partial charge in [-0.15, -0.1) is 0 Å². The number of hydrogen-bond acceptors (Lipinski definition) is 10. The third kappa shape index (κ3) is 39.0. The Labute approximate surface area is 322 Å². The van der Waals surface area contributed by atoms with Crippen LogP contribution in [0.4, 0.5) is 0 Å². The van der Waals surface area contributed by atoms with Gasteiger partial charge in [-0.05, 0) is 58.0 Å². The van der Waals surface area contributed by atoms with E-state index in [4.69, 9.17) is 18.9 Å². The highest BCUT2D eigenvalue weighted by Crippen LogP contribution is 2.23. The Balaban J connectivity index is 4.06. The van der Waals surface area contributed by atoms with Gasteiger partial charge in [0.15, 0.2) is 6.29 Å². The zero-order valence-corrected chi connectivity index (χ0v) is 35.1. The van der Waals surface area contributed by atoms with E-state index >= 15 is 0 Å². The summed E-state index contributed by atoms with van der Waals surface area (Å²) in [6.45, 7) is 11.6. The van der Waals surface area contributed by atoms with Gasteiger partial charge < -0.3 is 29.0 Å². The minimum absolute atomic E-state index is 0.124. The maximum Gasteiger partial charge on any atom is 0.307 e. The molecule has 0 spiro atoms. The largest absolute Gasteiger partial charge is 0.466 e. The predicted molar refractivity (Wildman–Crippen MR) is 218 cm³/mol. The van der Waals surface area contributed by atoms with Crippen LogP contribution in [0.25, 0.3) is 0 Å².